The summed E-state index contributed by atoms with van der Waals surface area (Å²) in [4.78, 5) is -0.696. The summed E-state index contributed by atoms with van der Waals surface area (Å²) in [5, 5.41) is 0. The van der Waals surface area contributed by atoms with Crippen LogP contribution in [0.4, 0.5) is 8.78 Å². The molecule has 0 unspecified atom stereocenters. The summed E-state index contributed by atoms with van der Waals surface area (Å²) >= 11 is 0. The first-order valence-electron chi connectivity index (χ1n) is 5.99. The number of hydrogen-bond acceptors (Lipinski definition) is 4. The van der Waals surface area contributed by atoms with Gasteiger partial charge in [-0.3, -0.25) is 0 Å². The van der Waals surface area contributed by atoms with Gasteiger partial charge in [0.25, 0.3) is 0 Å². The zero-order valence-electron chi connectivity index (χ0n) is 11.1. The highest BCUT2D eigenvalue weighted by molar-refractivity contribution is 7.89. The molecule has 0 heterocycles. The van der Waals surface area contributed by atoms with E-state index in [1.807, 2.05) is 0 Å². The number of hydrogen-bond donors (Lipinski definition) is 1. The molecule has 0 bridgehead atoms. The van der Waals surface area contributed by atoms with Crippen LogP contribution in [0.15, 0.2) is 23.1 Å². The average molecular weight is 309 g/mol. The highest BCUT2D eigenvalue weighted by atomic mass is 32.2. The topological polar surface area (TPSA) is 64.6 Å². The maximum atomic E-state index is 13.4. The van der Waals surface area contributed by atoms with Crippen LogP contribution in [0.3, 0.4) is 0 Å². The van der Waals surface area contributed by atoms with E-state index in [4.69, 9.17) is 9.47 Å². The van der Waals surface area contributed by atoms with Crippen molar-refractivity contribution in [2.75, 3.05) is 33.5 Å². The Morgan fingerprint density at radius 1 is 1.20 bits per heavy atom. The van der Waals surface area contributed by atoms with Gasteiger partial charge < -0.3 is 9.47 Å². The summed E-state index contributed by atoms with van der Waals surface area (Å²) < 4.78 is 61.9. The third kappa shape index (κ3) is 5.49. The van der Waals surface area contributed by atoms with Gasteiger partial charge in [-0.2, -0.15) is 0 Å². The number of nitrogens with one attached hydrogen (secondary N) is 1. The van der Waals surface area contributed by atoms with E-state index in [-0.39, 0.29) is 6.54 Å². The Hall–Kier alpha value is -1.09. The fraction of sp³-hybridized carbons (Fsp3) is 0.500. The van der Waals surface area contributed by atoms with Gasteiger partial charge in [0.1, 0.15) is 16.5 Å². The Kier molecular flexibility index (Phi) is 7.00. The minimum Gasteiger partial charge on any atom is -0.382 e. The first-order chi connectivity index (χ1) is 9.47. The van der Waals surface area contributed by atoms with Crippen molar-refractivity contribution in [2.45, 2.75) is 11.3 Å². The lowest BCUT2D eigenvalue weighted by Gasteiger charge is -2.08. The van der Waals surface area contributed by atoms with Crippen molar-refractivity contribution in [3.8, 4) is 0 Å². The smallest absolute Gasteiger partial charge is 0.243 e. The standard InChI is InChI=1S/C12H17F2NO4S/c1-18-7-8-19-6-2-5-15-20(16,17)12-9-10(13)3-4-11(12)14/h3-4,9,15H,2,5-8H2,1H3. The van der Waals surface area contributed by atoms with Crippen LogP contribution >= 0.6 is 0 Å². The SMILES string of the molecule is COCCOCCCNS(=O)(=O)c1cc(F)ccc1F. The van der Waals surface area contributed by atoms with Gasteiger partial charge in [0.2, 0.25) is 10.0 Å². The van der Waals surface area contributed by atoms with E-state index in [0.29, 0.717) is 32.3 Å². The molecular weight excluding hydrogens is 292 g/mol. The Labute approximate surface area is 116 Å². The fourth-order valence-corrected chi connectivity index (χ4v) is 2.55. The molecule has 0 saturated heterocycles. The van der Waals surface area contributed by atoms with Crippen LogP contribution < -0.4 is 4.72 Å². The van der Waals surface area contributed by atoms with E-state index in [2.05, 4.69) is 4.72 Å². The first-order valence-corrected chi connectivity index (χ1v) is 7.47. The molecule has 0 spiro atoms. The van der Waals surface area contributed by atoms with E-state index in [0.717, 1.165) is 12.1 Å². The van der Waals surface area contributed by atoms with Gasteiger partial charge in [0.05, 0.1) is 13.2 Å². The van der Waals surface area contributed by atoms with Crippen molar-refractivity contribution in [3.63, 3.8) is 0 Å². The van der Waals surface area contributed by atoms with Crippen LogP contribution in [0.5, 0.6) is 0 Å². The minimum atomic E-state index is -4.06. The normalized spacial score (nSPS) is 11.8. The maximum Gasteiger partial charge on any atom is 0.243 e. The molecule has 1 N–H and O–H groups in total. The second-order valence-electron chi connectivity index (χ2n) is 3.93. The van der Waals surface area contributed by atoms with Gasteiger partial charge in [-0.25, -0.2) is 21.9 Å². The van der Waals surface area contributed by atoms with Crippen molar-refractivity contribution >= 4 is 10.0 Å². The highest BCUT2D eigenvalue weighted by Gasteiger charge is 2.19. The van der Waals surface area contributed by atoms with Crippen LogP contribution in [-0.2, 0) is 19.5 Å². The molecule has 0 amide bonds. The van der Waals surface area contributed by atoms with E-state index in [1.54, 1.807) is 7.11 Å². The number of methoxy groups -OCH3 is 1. The summed E-state index contributed by atoms with van der Waals surface area (Å²) in [6, 6.07) is 2.28. The van der Waals surface area contributed by atoms with Crippen molar-refractivity contribution in [1.82, 2.24) is 4.72 Å². The summed E-state index contributed by atoms with van der Waals surface area (Å²) in [5.41, 5.74) is 0. The number of halogens is 2. The molecule has 0 aliphatic heterocycles. The Balaban J connectivity index is 2.44. The zero-order valence-corrected chi connectivity index (χ0v) is 11.9. The van der Waals surface area contributed by atoms with Gasteiger partial charge in [-0.1, -0.05) is 0 Å². The third-order valence-electron chi connectivity index (χ3n) is 2.37. The van der Waals surface area contributed by atoms with Crippen LogP contribution in [-0.4, -0.2) is 41.9 Å². The molecule has 1 aromatic carbocycles. The Morgan fingerprint density at radius 2 is 1.95 bits per heavy atom. The number of ether oxygens (including phenoxy) is 2. The number of sulfonamides is 1. The van der Waals surface area contributed by atoms with E-state index in [1.165, 1.54) is 0 Å². The molecule has 1 rings (SSSR count). The quantitative estimate of drug-likeness (QED) is 0.698. The molecule has 8 heteroatoms. The molecule has 0 atom stereocenters. The van der Waals surface area contributed by atoms with Crippen LogP contribution in [0.1, 0.15) is 6.42 Å². The van der Waals surface area contributed by atoms with Crippen LogP contribution in [0.2, 0.25) is 0 Å². The molecule has 0 aliphatic carbocycles. The molecule has 0 radical (unpaired) electrons. The largest absolute Gasteiger partial charge is 0.382 e. The van der Waals surface area contributed by atoms with Gasteiger partial charge in [-0.15, -0.1) is 0 Å². The average Bonchev–Trinajstić information content (AvgIpc) is 2.40. The summed E-state index contributed by atoms with van der Waals surface area (Å²) in [6.45, 7) is 1.30. The predicted molar refractivity (Wildman–Crippen MR) is 68.9 cm³/mol. The second kappa shape index (κ2) is 8.25. The lowest BCUT2D eigenvalue weighted by Crippen LogP contribution is -2.26. The molecule has 0 aliphatic rings. The monoisotopic (exact) mass is 309 g/mol. The minimum absolute atomic E-state index is 0.0747. The van der Waals surface area contributed by atoms with Gasteiger partial charge in [0.15, 0.2) is 0 Å². The van der Waals surface area contributed by atoms with Crippen molar-refractivity contribution in [1.29, 1.82) is 0 Å². The van der Waals surface area contributed by atoms with E-state index in [9.17, 15) is 17.2 Å². The van der Waals surface area contributed by atoms with Gasteiger partial charge in [0, 0.05) is 20.3 Å². The maximum absolute atomic E-state index is 13.4. The first kappa shape index (κ1) is 17.0. The molecule has 1 aromatic rings. The number of rotatable bonds is 9. The van der Waals surface area contributed by atoms with Gasteiger partial charge >= 0.3 is 0 Å². The van der Waals surface area contributed by atoms with E-state index < -0.39 is 26.6 Å². The lowest BCUT2D eigenvalue weighted by atomic mass is 10.3. The molecule has 20 heavy (non-hydrogen) atoms. The van der Waals surface area contributed by atoms with Crippen LogP contribution in [0, 0.1) is 11.6 Å². The predicted octanol–water partition coefficient (Wildman–Crippen LogP) is 1.30. The summed E-state index contributed by atoms with van der Waals surface area (Å²) in [6.07, 6.45) is 0.417. The third-order valence-corrected chi connectivity index (χ3v) is 3.85. The van der Waals surface area contributed by atoms with E-state index >= 15 is 0 Å². The molecule has 0 saturated carbocycles. The fourth-order valence-electron chi connectivity index (χ4n) is 1.39. The highest BCUT2D eigenvalue weighted by Crippen LogP contribution is 2.15. The van der Waals surface area contributed by atoms with Crippen molar-refractivity contribution in [3.05, 3.63) is 29.8 Å². The van der Waals surface area contributed by atoms with Crippen molar-refractivity contribution < 1.29 is 26.7 Å². The van der Waals surface area contributed by atoms with Gasteiger partial charge in [-0.05, 0) is 24.6 Å². The molecule has 0 fully saturated rings. The Bertz CT molecular complexity index is 522. The molecule has 0 aromatic heterocycles. The molecule has 114 valence electrons. The molecule has 5 nitrogen and oxygen atoms in total. The lowest BCUT2D eigenvalue weighted by molar-refractivity contribution is 0.0699. The molecular formula is C12H17F2NO4S. The Morgan fingerprint density at radius 3 is 2.65 bits per heavy atom. The zero-order chi connectivity index (χ0) is 15.0. The summed E-state index contributed by atoms with van der Waals surface area (Å²) in [5.74, 6) is -1.80. The summed E-state index contributed by atoms with van der Waals surface area (Å²) in [7, 11) is -2.51. The van der Waals surface area contributed by atoms with Crippen molar-refractivity contribution in [2.24, 2.45) is 0 Å². The second-order valence-corrected chi connectivity index (χ2v) is 5.67. The number of benzene rings is 1. The van der Waals surface area contributed by atoms with Crippen LogP contribution in [0.25, 0.3) is 0 Å².